The number of anilines is 6. The second kappa shape index (κ2) is 14.7. The van der Waals surface area contributed by atoms with Gasteiger partial charge in [-0.2, -0.15) is 0 Å². The molecular weight excluding hydrogens is 629 g/mol. The summed E-state index contributed by atoms with van der Waals surface area (Å²) in [6.07, 6.45) is 0. The molecule has 0 atom stereocenters. The van der Waals surface area contributed by atoms with Crippen molar-refractivity contribution in [3.05, 3.63) is 217 Å². The van der Waals surface area contributed by atoms with Crippen molar-refractivity contribution in [1.82, 2.24) is 0 Å². The minimum atomic E-state index is 1.10. The molecule has 0 aliphatic heterocycles. The van der Waals surface area contributed by atoms with Gasteiger partial charge in [0.05, 0.1) is 0 Å². The third-order valence-corrected chi connectivity index (χ3v) is 9.53. The van der Waals surface area contributed by atoms with E-state index >= 15 is 0 Å². The summed E-state index contributed by atoms with van der Waals surface area (Å²) in [6, 6.07) is 74.1. The zero-order valence-electron chi connectivity index (χ0n) is 29.5. The Morgan fingerprint density at radius 1 is 0.250 bits per heavy atom. The van der Waals surface area contributed by atoms with E-state index < -0.39 is 0 Å². The molecule has 0 aromatic heterocycles. The minimum absolute atomic E-state index is 1.10. The Morgan fingerprint density at radius 2 is 0.577 bits per heavy atom. The monoisotopic (exact) mass is 668 g/mol. The maximum absolute atomic E-state index is 2.35. The van der Waals surface area contributed by atoms with Gasteiger partial charge in [-0.1, -0.05) is 133 Å². The number of para-hydroxylation sites is 2. The number of benzene rings is 8. The number of nitrogens with zero attached hydrogens (tertiary/aromatic N) is 2. The highest BCUT2D eigenvalue weighted by Gasteiger charge is 2.20. The molecule has 250 valence electrons. The predicted octanol–water partition coefficient (Wildman–Crippen LogP) is 14.2. The summed E-state index contributed by atoms with van der Waals surface area (Å²) >= 11 is 0. The zero-order valence-corrected chi connectivity index (χ0v) is 29.5. The Balaban J connectivity index is 1.35. The van der Waals surface area contributed by atoms with Crippen LogP contribution in [-0.2, 0) is 0 Å². The van der Waals surface area contributed by atoms with Gasteiger partial charge in [0, 0.05) is 34.1 Å². The van der Waals surface area contributed by atoms with E-state index in [1.807, 2.05) is 0 Å². The van der Waals surface area contributed by atoms with Crippen LogP contribution in [0.15, 0.2) is 206 Å². The van der Waals surface area contributed by atoms with Crippen molar-refractivity contribution in [2.75, 3.05) is 9.80 Å². The lowest BCUT2D eigenvalue weighted by atomic mass is 9.88. The van der Waals surface area contributed by atoms with Crippen molar-refractivity contribution in [3.8, 4) is 33.4 Å². The molecule has 0 unspecified atom stereocenters. The second-order valence-electron chi connectivity index (χ2n) is 13.2. The topological polar surface area (TPSA) is 6.48 Å². The van der Waals surface area contributed by atoms with Crippen LogP contribution in [0.3, 0.4) is 0 Å². The highest BCUT2D eigenvalue weighted by molar-refractivity contribution is 5.96. The van der Waals surface area contributed by atoms with Crippen LogP contribution in [0.2, 0.25) is 0 Å². The molecule has 8 aromatic carbocycles. The molecule has 52 heavy (non-hydrogen) atoms. The van der Waals surface area contributed by atoms with E-state index in [0.29, 0.717) is 0 Å². The molecule has 0 fully saturated rings. The van der Waals surface area contributed by atoms with Gasteiger partial charge in [-0.3, -0.25) is 0 Å². The van der Waals surface area contributed by atoms with E-state index in [2.05, 4.69) is 230 Å². The Labute approximate surface area is 307 Å². The van der Waals surface area contributed by atoms with Gasteiger partial charge >= 0.3 is 0 Å². The van der Waals surface area contributed by atoms with Gasteiger partial charge in [-0.15, -0.1) is 0 Å². The van der Waals surface area contributed by atoms with Gasteiger partial charge in [0.2, 0.25) is 0 Å². The quantitative estimate of drug-likeness (QED) is 0.151. The highest BCUT2D eigenvalue weighted by Crippen LogP contribution is 2.45. The largest absolute Gasteiger partial charge is 0.310 e. The predicted molar refractivity (Wildman–Crippen MR) is 222 cm³/mol. The van der Waals surface area contributed by atoms with Crippen molar-refractivity contribution in [2.45, 2.75) is 13.8 Å². The Kier molecular flexibility index (Phi) is 9.19. The molecule has 0 bridgehead atoms. The van der Waals surface area contributed by atoms with Crippen molar-refractivity contribution in [1.29, 1.82) is 0 Å². The van der Waals surface area contributed by atoms with E-state index in [4.69, 9.17) is 0 Å². The maximum atomic E-state index is 2.35. The molecule has 0 heterocycles. The van der Waals surface area contributed by atoms with Gasteiger partial charge in [-0.05, 0) is 131 Å². The minimum Gasteiger partial charge on any atom is -0.310 e. The lowest BCUT2D eigenvalue weighted by molar-refractivity contribution is 1.27. The zero-order chi connectivity index (χ0) is 35.3. The fourth-order valence-electron chi connectivity index (χ4n) is 7.11. The average molecular weight is 669 g/mol. The first kappa shape index (κ1) is 32.6. The van der Waals surface area contributed by atoms with Crippen LogP contribution in [0, 0.1) is 13.8 Å². The first-order valence-corrected chi connectivity index (χ1v) is 17.9. The highest BCUT2D eigenvalue weighted by atomic mass is 15.1. The third kappa shape index (κ3) is 6.75. The first-order chi connectivity index (χ1) is 25.6. The first-order valence-electron chi connectivity index (χ1n) is 17.9. The second-order valence-corrected chi connectivity index (χ2v) is 13.2. The van der Waals surface area contributed by atoms with Crippen LogP contribution in [0.4, 0.5) is 34.1 Å². The van der Waals surface area contributed by atoms with Crippen LogP contribution >= 0.6 is 0 Å². The van der Waals surface area contributed by atoms with Gasteiger partial charge in [0.1, 0.15) is 0 Å². The fourth-order valence-corrected chi connectivity index (χ4v) is 7.11. The summed E-state index contributed by atoms with van der Waals surface area (Å²) in [4.78, 5) is 4.70. The summed E-state index contributed by atoms with van der Waals surface area (Å²) in [5.41, 5.74) is 16.2. The summed E-state index contributed by atoms with van der Waals surface area (Å²) in [5.74, 6) is 0. The van der Waals surface area contributed by atoms with Gasteiger partial charge in [0.25, 0.3) is 0 Å². The van der Waals surface area contributed by atoms with Gasteiger partial charge in [-0.25, -0.2) is 0 Å². The molecule has 8 aromatic rings. The van der Waals surface area contributed by atoms with Crippen LogP contribution < -0.4 is 9.80 Å². The van der Waals surface area contributed by atoms with Crippen molar-refractivity contribution in [2.24, 2.45) is 0 Å². The fraction of sp³-hybridized carbons (Fsp3) is 0.0400. The van der Waals surface area contributed by atoms with Crippen molar-refractivity contribution < 1.29 is 0 Å². The Bertz CT molecular complexity index is 2250. The molecule has 0 N–H and O–H groups in total. The molecule has 8 rings (SSSR count). The van der Waals surface area contributed by atoms with E-state index in [0.717, 1.165) is 34.1 Å². The molecule has 0 amide bonds. The number of rotatable bonds is 9. The van der Waals surface area contributed by atoms with E-state index in [-0.39, 0.29) is 0 Å². The lowest BCUT2D eigenvalue weighted by Gasteiger charge is -2.28. The molecule has 0 aliphatic rings. The van der Waals surface area contributed by atoms with E-state index in [1.54, 1.807) is 0 Å². The number of aryl methyl sites for hydroxylation is 2. The summed E-state index contributed by atoms with van der Waals surface area (Å²) < 4.78 is 0. The van der Waals surface area contributed by atoms with Crippen LogP contribution in [-0.4, -0.2) is 0 Å². The van der Waals surface area contributed by atoms with E-state index in [9.17, 15) is 0 Å². The van der Waals surface area contributed by atoms with Crippen LogP contribution in [0.1, 0.15) is 11.1 Å². The molecule has 0 aliphatic carbocycles. The van der Waals surface area contributed by atoms with Crippen LogP contribution in [0.25, 0.3) is 33.4 Å². The van der Waals surface area contributed by atoms with Crippen molar-refractivity contribution >= 4 is 34.1 Å². The smallest absolute Gasteiger partial charge is 0.0468 e. The molecule has 0 spiro atoms. The Morgan fingerprint density at radius 3 is 0.942 bits per heavy atom. The van der Waals surface area contributed by atoms with Crippen LogP contribution in [0.5, 0.6) is 0 Å². The van der Waals surface area contributed by atoms with Crippen molar-refractivity contribution in [3.63, 3.8) is 0 Å². The SMILES string of the molecule is Cc1cccc(N(c2ccccc2)c2ccc(-c3ccc(N(c4ccccc4)c4cccc(C)c4)cc3-c3ccccc3)c(-c3ccccc3)c2)c1. The molecule has 0 saturated heterocycles. The molecule has 0 radical (unpaired) electrons. The Hall–Kier alpha value is -6.64. The summed E-state index contributed by atoms with van der Waals surface area (Å²) in [5, 5.41) is 0. The van der Waals surface area contributed by atoms with E-state index in [1.165, 1.54) is 44.5 Å². The van der Waals surface area contributed by atoms with Gasteiger partial charge < -0.3 is 9.80 Å². The summed E-state index contributed by atoms with van der Waals surface area (Å²) in [6.45, 7) is 4.30. The molecular formula is C50H40N2. The average Bonchev–Trinajstić information content (AvgIpc) is 3.20. The third-order valence-electron chi connectivity index (χ3n) is 9.53. The lowest BCUT2D eigenvalue weighted by Crippen LogP contribution is -2.11. The molecule has 0 saturated carbocycles. The van der Waals surface area contributed by atoms with Gasteiger partial charge in [0.15, 0.2) is 0 Å². The number of hydrogen-bond acceptors (Lipinski definition) is 2. The number of hydrogen-bond donors (Lipinski definition) is 0. The summed E-state index contributed by atoms with van der Waals surface area (Å²) in [7, 11) is 0. The molecule has 2 nitrogen and oxygen atoms in total. The molecule has 2 heteroatoms. The maximum Gasteiger partial charge on any atom is 0.0468 e. The standard InChI is InChI=1S/C50H40N2/c1-37-17-15-27-43(33-37)51(41-23-11-5-12-24-41)45-29-31-47(49(35-45)39-19-7-3-8-20-39)48-32-30-46(36-50(48)40-21-9-4-10-22-40)52(42-25-13-6-14-26-42)44-28-16-18-38(2)34-44/h3-36H,1-2H3. The normalized spacial score (nSPS) is 10.9.